The molecular formula is C11H13N7O2. The van der Waals surface area contributed by atoms with Crippen LogP contribution in [0.5, 0.6) is 0 Å². The van der Waals surface area contributed by atoms with Crippen LogP contribution >= 0.6 is 0 Å². The molecule has 0 fully saturated rings. The minimum Gasteiger partial charge on any atom is -0.480 e. The third-order valence-corrected chi connectivity index (χ3v) is 2.40. The molecule has 0 aliphatic heterocycles. The summed E-state index contributed by atoms with van der Waals surface area (Å²) >= 11 is 0. The summed E-state index contributed by atoms with van der Waals surface area (Å²) in [5.74, 6) is -0.356. The van der Waals surface area contributed by atoms with E-state index in [0.717, 1.165) is 0 Å². The van der Waals surface area contributed by atoms with Crippen molar-refractivity contribution in [3.63, 3.8) is 0 Å². The molecule has 0 radical (unpaired) electrons. The van der Waals surface area contributed by atoms with Gasteiger partial charge in [0.1, 0.15) is 6.04 Å². The van der Waals surface area contributed by atoms with Crippen LogP contribution in [0, 0.1) is 6.92 Å². The first-order valence-electron chi connectivity index (χ1n) is 5.78. The molecule has 2 aromatic heterocycles. The molecule has 2 rings (SSSR count). The number of pyridine rings is 1. The summed E-state index contributed by atoms with van der Waals surface area (Å²) < 4.78 is 0. The van der Waals surface area contributed by atoms with Gasteiger partial charge in [0.2, 0.25) is 0 Å². The third kappa shape index (κ3) is 3.65. The lowest BCUT2D eigenvalue weighted by atomic mass is 10.1. The monoisotopic (exact) mass is 275 g/mol. The maximum atomic E-state index is 10.7. The lowest BCUT2D eigenvalue weighted by molar-refractivity contribution is -0.138. The standard InChI is InChI=1S/C11H13N7O2/c1-6-15-17-11(18-16-6)14-8-2-7(4-13-5-8)3-9(12)10(19)20/h2,4-5,9H,3,12H2,1H3,(H,19,20)(H,14,17,18)/t9-/m0/s1. The first-order valence-corrected chi connectivity index (χ1v) is 5.78. The Balaban J connectivity index is 2.09. The molecule has 9 nitrogen and oxygen atoms in total. The predicted molar refractivity (Wildman–Crippen MR) is 69.2 cm³/mol. The van der Waals surface area contributed by atoms with Gasteiger partial charge in [0.05, 0.1) is 11.9 Å². The van der Waals surface area contributed by atoms with Crippen LogP contribution in [0.15, 0.2) is 18.5 Å². The fraction of sp³-hybridized carbons (Fsp3) is 0.273. The summed E-state index contributed by atoms with van der Waals surface area (Å²) in [6.45, 7) is 1.68. The van der Waals surface area contributed by atoms with E-state index in [0.29, 0.717) is 17.1 Å². The van der Waals surface area contributed by atoms with Crippen molar-refractivity contribution in [2.75, 3.05) is 5.32 Å². The molecule has 0 bridgehead atoms. The molecule has 2 heterocycles. The molecule has 9 heteroatoms. The Kier molecular flexibility index (Phi) is 4.11. The van der Waals surface area contributed by atoms with Crippen molar-refractivity contribution in [1.29, 1.82) is 0 Å². The van der Waals surface area contributed by atoms with Crippen LogP contribution in [0.1, 0.15) is 11.4 Å². The second-order valence-corrected chi connectivity index (χ2v) is 4.13. The lowest BCUT2D eigenvalue weighted by Gasteiger charge is -2.08. The van der Waals surface area contributed by atoms with Crippen LogP contribution in [0.3, 0.4) is 0 Å². The Labute approximate surface area is 114 Å². The molecule has 0 spiro atoms. The van der Waals surface area contributed by atoms with Gasteiger partial charge in [-0.2, -0.15) is 0 Å². The first-order chi connectivity index (χ1) is 9.54. The van der Waals surface area contributed by atoms with Gasteiger partial charge in [-0.1, -0.05) is 0 Å². The van der Waals surface area contributed by atoms with Crippen LogP contribution in [0.25, 0.3) is 0 Å². The normalized spacial score (nSPS) is 11.9. The Hall–Kier alpha value is -2.68. The minimum absolute atomic E-state index is 0.184. The molecule has 0 unspecified atom stereocenters. The van der Waals surface area contributed by atoms with Crippen LogP contribution in [0.4, 0.5) is 11.6 Å². The van der Waals surface area contributed by atoms with E-state index < -0.39 is 12.0 Å². The topological polar surface area (TPSA) is 140 Å². The van der Waals surface area contributed by atoms with Gasteiger partial charge in [0, 0.05) is 6.20 Å². The Morgan fingerprint density at radius 3 is 2.70 bits per heavy atom. The van der Waals surface area contributed by atoms with Crippen LogP contribution in [0.2, 0.25) is 0 Å². The molecule has 4 N–H and O–H groups in total. The van der Waals surface area contributed by atoms with Gasteiger partial charge in [-0.3, -0.25) is 9.78 Å². The van der Waals surface area contributed by atoms with Crippen LogP contribution < -0.4 is 11.1 Å². The van der Waals surface area contributed by atoms with E-state index in [1.54, 1.807) is 25.4 Å². The number of carboxylic acids is 1. The molecule has 0 aromatic carbocycles. The van der Waals surface area contributed by atoms with Gasteiger partial charge >= 0.3 is 5.97 Å². The summed E-state index contributed by atoms with van der Waals surface area (Å²) in [6, 6.07) is 0.755. The fourth-order valence-corrected chi connectivity index (χ4v) is 1.47. The van der Waals surface area contributed by atoms with Gasteiger partial charge in [0.25, 0.3) is 5.95 Å². The minimum atomic E-state index is -1.06. The molecule has 0 aliphatic rings. The van der Waals surface area contributed by atoms with E-state index in [-0.39, 0.29) is 12.4 Å². The summed E-state index contributed by atoms with van der Waals surface area (Å²) in [4.78, 5) is 14.7. The zero-order valence-corrected chi connectivity index (χ0v) is 10.7. The number of rotatable bonds is 5. The molecule has 1 atom stereocenters. The Morgan fingerprint density at radius 1 is 1.35 bits per heavy atom. The average molecular weight is 275 g/mol. The van der Waals surface area contributed by atoms with E-state index in [4.69, 9.17) is 10.8 Å². The molecule has 0 saturated carbocycles. The molecule has 2 aromatic rings. The maximum Gasteiger partial charge on any atom is 0.320 e. The van der Waals surface area contributed by atoms with Gasteiger partial charge in [-0.15, -0.1) is 20.4 Å². The number of aryl methyl sites for hydroxylation is 1. The Morgan fingerprint density at radius 2 is 2.05 bits per heavy atom. The van der Waals surface area contributed by atoms with Crippen molar-refractivity contribution in [2.24, 2.45) is 5.73 Å². The molecule has 104 valence electrons. The first kappa shape index (κ1) is 13.7. The second kappa shape index (κ2) is 5.97. The largest absolute Gasteiger partial charge is 0.480 e. The SMILES string of the molecule is Cc1nnc(Nc2cncc(C[C@H](N)C(=O)O)c2)nn1. The number of nitrogens with two attached hydrogens (primary N) is 1. The number of hydrogen-bond donors (Lipinski definition) is 3. The Bertz CT molecular complexity index is 602. The lowest BCUT2D eigenvalue weighted by Crippen LogP contribution is -2.32. The molecular weight excluding hydrogens is 262 g/mol. The van der Waals surface area contributed by atoms with Crippen molar-refractivity contribution in [3.05, 3.63) is 29.8 Å². The van der Waals surface area contributed by atoms with Crippen molar-refractivity contribution < 1.29 is 9.90 Å². The number of aliphatic carboxylic acids is 1. The third-order valence-electron chi connectivity index (χ3n) is 2.40. The fourth-order valence-electron chi connectivity index (χ4n) is 1.47. The van der Waals surface area contributed by atoms with E-state index >= 15 is 0 Å². The summed E-state index contributed by atoms with van der Waals surface area (Å²) in [5, 5.41) is 26.8. The van der Waals surface area contributed by atoms with Gasteiger partial charge in [0.15, 0.2) is 5.82 Å². The van der Waals surface area contributed by atoms with Crippen molar-refractivity contribution in [2.45, 2.75) is 19.4 Å². The van der Waals surface area contributed by atoms with Gasteiger partial charge < -0.3 is 16.2 Å². The number of nitrogens with one attached hydrogen (secondary N) is 1. The second-order valence-electron chi connectivity index (χ2n) is 4.13. The van der Waals surface area contributed by atoms with E-state index in [9.17, 15) is 4.79 Å². The number of carbonyl (C=O) groups is 1. The highest BCUT2D eigenvalue weighted by molar-refractivity contribution is 5.73. The van der Waals surface area contributed by atoms with Crippen LogP contribution in [-0.2, 0) is 11.2 Å². The number of hydrogen-bond acceptors (Lipinski definition) is 8. The molecule has 20 heavy (non-hydrogen) atoms. The van der Waals surface area contributed by atoms with Gasteiger partial charge in [-0.25, -0.2) is 0 Å². The average Bonchev–Trinajstić information content (AvgIpc) is 2.42. The van der Waals surface area contributed by atoms with E-state index in [1.165, 1.54) is 0 Å². The number of anilines is 2. The molecule has 0 saturated heterocycles. The van der Waals surface area contributed by atoms with Crippen molar-refractivity contribution in [1.82, 2.24) is 25.4 Å². The zero-order chi connectivity index (χ0) is 14.5. The predicted octanol–water partition coefficient (Wildman–Crippen LogP) is -0.332. The molecule has 0 aliphatic carbocycles. The summed E-state index contributed by atoms with van der Waals surface area (Å²) in [6.07, 6.45) is 3.29. The summed E-state index contributed by atoms with van der Waals surface area (Å²) in [5.41, 5.74) is 6.77. The highest BCUT2D eigenvalue weighted by Crippen LogP contribution is 2.13. The van der Waals surface area contributed by atoms with Crippen LogP contribution in [-0.4, -0.2) is 42.5 Å². The number of nitrogens with zero attached hydrogens (tertiary/aromatic N) is 5. The highest BCUT2D eigenvalue weighted by atomic mass is 16.4. The van der Waals surface area contributed by atoms with E-state index in [1.807, 2.05) is 0 Å². The summed E-state index contributed by atoms with van der Waals surface area (Å²) in [7, 11) is 0. The van der Waals surface area contributed by atoms with Gasteiger partial charge in [-0.05, 0) is 25.0 Å². The smallest absolute Gasteiger partial charge is 0.320 e. The quantitative estimate of drug-likeness (QED) is 0.668. The van der Waals surface area contributed by atoms with E-state index in [2.05, 4.69) is 30.7 Å². The maximum absolute atomic E-state index is 10.7. The highest BCUT2D eigenvalue weighted by Gasteiger charge is 2.12. The van der Waals surface area contributed by atoms with Crippen molar-refractivity contribution >= 4 is 17.6 Å². The number of carboxylic acid groups (broad SMARTS) is 1. The number of aromatic nitrogens is 5. The molecule has 0 amide bonds. The zero-order valence-electron chi connectivity index (χ0n) is 10.7. The van der Waals surface area contributed by atoms with Crippen molar-refractivity contribution in [3.8, 4) is 0 Å².